The molecule has 1 unspecified atom stereocenters. The molecule has 4 bridgehead atoms. The number of Topliss-reactive ketones (excluding diaryl/α,β-unsaturated/α-hetero) is 1. The van der Waals surface area contributed by atoms with Crippen molar-refractivity contribution >= 4 is 17.5 Å². The number of anilines is 1. The van der Waals surface area contributed by atoms with E-state index in [1.165, 1.54) is 19.3 Å². The highest BCUT2D eigenvalue weighted by Gasteiger charge is 2.74. The molecule has 0 saturated heterocycles. The predicted molar refractivity (Wildman–Crippen MR) is 205 cm³/mol. The number of nitrogens with one attached hydrogen (secondary N) is 1. The number of allylic oxidation sites excluding steroid dienone is 4. The molecule has 0 aromatic heterocycles. The first-order valence-electron chi connectivity index (χ1n) is 21.3. The second kappa shape index (κ2) is 12.0. The quantitative estimate of drug-likeness (QED) is 0.246. The minimum absolute atomic E-state index is 0.0324. The minimum atomic E-state index is -1.07. The summed E-state index contributed by atoms with van der Waals surface area (Å²) in [7, 11) is 0. The van der Waals surface area contributed by atoms with Crippen molar-refractivity contribution in [2.75, 3.05) is 18.4 Å². The van der Waals surface area contributed by atoms with E-state index in [4.69, 9.17) is 0 Å². The first-order valence-corrected chi connectivity index (χ1v) is 21.3. The molecule has 282 valence electrons. The standard InChI is InChI=1S/C46H64N2O4/c1-41(2)32-16-15-31(35(41)25-32)28-48(40(51)47-33-13-9-6-10-14-33)29-45(52)22-19-38-43(45,4)21-18-37-42(3)20-17-34(49)26-44(42)23-24-46(37,38)36(27-44)39(50)30-11-7-5-8-12-30/h6,9-10,13-14,23-24,27,30-32,34-35,37-38,49,52H,5,7-8,11-12,15-22,25-26,28-29H2,1-4H3,(H,47,51)/t31-,32-,34?,35-,37+,38+,42+,43-,44-,45+,46+/m0/s1. The molecule has 6 heteroatoms. The van der Waals surface area contributed by atoms with Crippen LogP contribution in [0.3, 0.4) is 0 Å². The van der Waals surface area contributed by atoms with Gasteiger partial charge in [-0.3, -0.25) is 4.79 Å². The summed E-state index contributed by atoms with van der Waals surface area (Å²) in [5.41, 5.74) is -0.147. The fourth-order valence-electron chi connectivity index (χ4n) is 14.9. The van der Waals surface area contributed by atoms with Gasteiger partial charge in [0, 0.05) is 40.0 Å². The van der Waals surface area contributed by atoms with Crippen LogP contribution in [-0.4, -0.2) is 51.7 Å². The largest absolute Gasteiger partial charge is 0.393 e. The van der Waals surface area contributed by atoms with Crippen LogP contribution in [0.1, 0.15) is 124 Å². The van der Waals surface area contributed by atoms with Gasteiger partial charge in [-0.25, -0.2) is 4.79 Å². The van der Waals surface area contributed by atoms with Crippen molar-refractivity contribution in [3.8, 4) is 0 Å². The van der Waals surface area contributed by atoms with E-state index >= 15 is 0 Å². The average molecular weight is 709 g/mol. The Balaban J connectivity index is 1.08. The van der Waals surface area contributed by atoms with Crippen molar-refractivity contribution in [2.24, 2.45) is 62.6 Å². The van der Waals surface area contributed by atoms with E-state index in [-0.39, 0.29) is 34.8 Å². The van der Waals surface area contributed by atoms with Gasteiger partial charge in [-0.1, -0.05) is 83.4 Å². The van der Waals surface area contributed by atoms with Crippen LogP contribution < -0.4 is 5.32 Å². The van der Waals surface area contributed by atoms with Gasteiger partial charge in [0.15, 0.2) is 5.78 Å². The number of aliphatic hydroxyl groups is 2. The minimum Gasteiger partial charge on any atom is -0.393 e. The Hall–Kier alpha value is -2.44. The van der Waals surface area contributed by atoms with Crippen LogP contribution in [-0.2, 0) is 4.79 Å². The van der Waals surface area contributed by atoms with Crippen molar-refractivity contribution in [3.63, 3.8) is 0 Å². The summed E-state index contributed by atoms with van der Waals surface area (Å²) in [5, 5.41) is 27.6. The number of rotatable bonds is 7. The van der Waals surface area contributed by atoms with Gasteiger partial charge in [0.2, 0.25) is 0 Å². The molecule has 0 radical (unpaired) electrons. The maximum Gasteiger partial charge on any atom is 0.321 e. The van der Waals surface area contributed by atoms with E-state index in [1.54, 1.807) is 0 Å². The number of aliphatic hydroxyl groups excluding tert-OH is 1. The van der Waals surface area contributed by atoms with E-state index in [9.17, 15) is 19.8 Å². The SMILES string of the molecule is CC1(C)[C@H]2CC[C@@H](CN(C[C@]3(O)CC[C@H]4[C@]56C=C[C@@]7(C=C5C(=O)C5CCCCC5)CC(O)CC[C@]7(C)[C@H]6CC[C@@]43C)C(=O)Nc3ccccc3)[C@@H]1C2. The van der Waals surface area contributed by atoms with Gasteiger partial charge >= 0.3 is 6.03 Å². The Bertz CT molecular complexity index is 1660. The molecule has 0 heterocycles. The number of hydrogen-bond donors (Lipinski definition) is 3. The molecule has 7 saturated carbocycles. The summed E-state index contributed by atoms with van der Waals surface area (Å²) in [6.45, 7) is 10.6. The molecular formula is C46H64N2O4. The molecule has 3 N–H and O–H groups in total. The second-order valence-corrected chi connectivity index (χ2v) is 20.4. The third kappa shape index (κ3) is 4.80. The zero-order chi connectivity index (χ0) is 36.3. The van der Waals surface area contributed by atoms with E-state index in [0.717, 1.165) is 81.4 Å². The van der Waals surface area contributed by atoms with Gasteiger partial charge in [0.05, 0.1) is 18.2 Å². The Morgan fingerprint density at radius 2 is 1.56 bits per heavy atom. The lowest BCUT2D eigenvalue weighted by atomic mass is 9.32. The molecular weight excluding hydrogens is 645 g/mol. The van der Waals surface area contributed by atoms with Gasteiger partial charge in [0.1, 0.15) is 0 Å². The van der Waals surface area contributed by atoms with Gasteiger partial charge in [-0.2, -0.15) is 0 Å². The number of amides is 2. The summed E-state index contributed by atoms with van der Waals surface area (Å²) in [6, 6.07) is 9.65. The number of hydrogen-bond acceptors (Lipinski definition) is 4. The van der Waals surface area contributed by atoms with Gasteiger partial charge in [-0.15, -0.1) is 0 Å². The average Bonchev–Trinajstić information content (AvgIpc) is 3.41. The molecule has 0 aliphatic heterocycles. The lowest BCUT2D eigenvalue weighted by Gasteiger charge is -2.71. The van der Waals surface area contributed by atoms with Crippen molar-refractivity contribution in [2.45, 2.75) is 136 Å². The summed E-state index contributed by atoms with van der Waals surface area (Å²) in [5.74, 6) is 2.69. The van der Waals surface area contributed by atoms with E-state index in [0.29, 0.717) is 54.9 Å². The normalized spacial score (nSPS) is 45.5. The molecule has 2 amide bonds. The molecule has 1 aromatic rings. The van der Waals surface area contributed by atoms with Gasteiger partial charge < -0.3 is 20.4 Å². The summed E-state index contributed by atoms with van der Waals surface area (Å²) >= 11 is 0. The monoisotopic (exact) mass is 708 g/mol. The third-order valence-corrected chi connectivity index (χ3v) is 18.2. The van der Waals surface area contributed by atoms with Crippen LogP contribution in [0.25, 0.3) is 0 Å². The van der Waals surface area contributed by atoms with E-state index < -0.39 is 16.4 Å². The fraction of sp³-hybridized carbons (Fsp3) is 0.739. The first kappa shape index (κ1) is 35.3. The highest BCUT2D eigenvalue weighted by atomic mass is 16.3. The van der Waals surface area contributed by atoms with Gasteiger partial charge in [0.25, 0.3) is 0 Å². The van der Waals surface area contributed by atoms with E-state index in [1.807, 2.05) is 35.2 Å². The zero-order valence-corrected chi connectivity index (χ0v) is 32.3. The number of carbonyl (C=O) groups is 2. The summed E-state index contributed by atoms with van der Waals surface area (Å²) < 4.78 is 0. The molecule has 2 spiro atoms. The topological polar surface area (TPSA) is 89.9 Å². The number of ketones is 1. The van der Waals surface area contributed by atoms with Crippen molar-refractivity contribution in [3.05, 3.63) is 54.1 Å². The van der Waals surface area contributed by atoms with Crippen LogP contribution in [0.4, 0.5) is 10.5 Å². The van der Waals surface area contributed by atoms with Crippen molar-refractivity contribution < 1.29 is 19.8 Å². The zero-order valence-electron chi connectivity index (χ0n) is 32.3. The highest BCUT2D eigenvalue weighted by molar-refractivity contribution is 6.00. The number of para-hydroxylation sites is 1. The highest BCUT2D eigenvalue weighted by Crippen LogP contribution is 2.78. The number of fused-ring (bicyclic) bond motifs is 3. The maximum atomic E-state index is 15.0. The first-order chi connectivity index (χ1) is 24.8. The van der Waals surface area contributed by atoms with Crippen molar-refractivity contribution in [1.82, 2.24) is 4.90 Å². The summed E-state index contributed by atoms with van der Waals surface area (Å²) in [4.78, 5) is 31.3. The van der Waals surface area contributed by atoms with Crippen LogP contribution in [0.5, 0.6) is 0 Å². The van der Waals surface area contributed by atoms with Crippen molar-refractivity contribution in [1.29, 1.82) is 0 Å². The third-order valence-electron chi connectivity index (χ3n) is 18.2. The van der Waals surface area contributed by atoms with Crippen LogP contribution in [0.2, 0.25) is 0 Å². The molecule has 6 nitrogen and oxygen atoms in total. The number of nitrogens with zero attached hydrogens (tertiary/aromatic N) is 1. The second-order valence-electron chi connectivity index (χ2n) is 20.4. The lowest BCUT2D eigenvalue weighted by Crippen LogP contribution is -2.68. The Labute approximate surface area is 312 Å². The molecule has 11 rings (SSSR count). The van der Waals surface area contributed by atoms with E-state index in [2.05, 4.69) is 51.2 Å². The van der Waals surface area contributed by atoms with Crippen LogP contribution >= 0.6 is 0 Å². The van der Waals surface area contributed by atoms with Crippen LogP contribution in [0.15, 0.2) is 54.1 Å². The van der Waals surface area contributed by atoms with Crippen LogP contribution in [0, 0.1) is 62.6 Å². The Kier molecular flexibility index (Phi) is 8.16. The number of carbonyl (C=O) groups excluding carboxylic acids is 2. The Morgan fingerprint density at radius 1 is 0.846 bits per heavy atom. The molecule has 52 heavy (non-hydrogen) atoms. The lowest BCUT2D eigenvalue weighted by molar-refractivity contribution is -0.179. The molecule has 7 fully saturated rings. The number of benzene rings is 1. The predicted octanol–water partition coefficient (Wildman–Crippen LogP) is 9.33. The van der Waals surface area contributed by atoms with Gasteiger partial charge in [-0.05, 0) is 130 Å². The number of urea groups is 1. The fourth-order valence-corrected chi connectivity index (χ4v) is 14.9. The molecule has 1 aromatic carbocycles. The smallest absolute Gasteiger partial charge is 0.321 e. The molecule has 11 atom stereocenters. The molecule has 10 aliphatic rings. The molecule has 10 aliphatic carbocycles. The maximum absolute atomic E-state index is 15.0. The Morgan fingerprint density at radius 3 is 2.29 bits per heavy atom. The summed E-state index contributed by atoms with van der Waals surface area (Å²) in [6.07, 6.45) is 21.8.